The molecular weight excluding hydrogens is 443 g/mol. The van der Waals surface area contributed by atoms with Crippen molar-refractivity contribution in [1.82, 2.24) is 14.7 Å². The minimum absolute atomic E-state index is 0.108. The van der Waals surface area contributed by atoms with Crippen LogP contribution < -0.4 is 14.8 Å². The van der Waals surface area contributed by atoms with E-state index in [2.05, 4.69) is 10.4 Å². The second kappa shape index (κ2) is 9.92. The molecule has 0 aliphatic carbocycles. The minimum Gasteiger partial charge on any atom is -0.488 e. The number of halogens is 1. The number of anilines is 1. The molecule has 178 valence electrons. The smallest absolute Gasteiger partial charge is 0.257 e. The largest absolute Gasteiger partial charge is 0.488 e. The van der Waals surface area contributed by atoms with Gasteiger partial charge in [0.15, 0.2) is 17.4 Å². The van der Waals surface area contributed by atoms with Crippen LogP contribution in [0.2, 0.25) is 0 Å². The highest BCUT2D eigenvalue weighted by molar-refractivity contribution is 6.04. The van der Waals surface area contributed by atoms with E-state index >= 15 is 0 Å². The number of rotatable bonds is 8. The molecule has 0 saturated carbocycles. The maximum atomic E-state index is 14.7. The number of aromatic nitrogens is 2. The van der Waals surface area contributed by atoms with E-state index in [0.717, 1.165) is 12.5 Å². The molecule has 1 aliphatic heterocycles. The summed E-state index contributed by atoms with van der Waals surface area (Å²) >= 11 is 0. The molecule has 0 unspecified atom stereocenters. The Labute approximate surface area is 195 Å². The lowest BCUT2D eigenvalue weighted by atomic mass is 10.1. The molecule has 1 atom stereocenters. The van der Waals surface area contributed by atoms with Crippen molar-refractivity contribution in [2.75, 3.05) is 25.0 Å². The van der Waals surface area contributed by atoms with Crippen LogP contribution in [0.15, 0.2) is 48.7 Å². The first-order valence-corrected chi connectivity index (χ1v) is 10.8. The van der Waals surface area contributed by atoms with Crippen molar-refractivity contribution in [2.24, 2.45) is 7.05 Å². The summed E-state index contributed by atoms with van der Waals surface area (Å²) in [7, 11) is 1.73. The highest BCUT2D eigenvalue weighted by atomic mass is 19.1. The average Bonchev–Trinajstić information content (AvgIpc) is 3.18. The predicted octanol–water partition coefficient (Wildman–Crippen LogP) is 3.21. The van der Waals surface area contributed by atoms with Crippen molar-refractivity contribution in [3.63, 3.8) is 0 Å². The van der Waals surface area contributed by atoms with Crippen LogP contribution in [0.3, 0.4) is 0 Å². The molecule has 4 rings (SSSR count). The summed E-state index contributed by atoms with van der Waals surface area (Å²) in [5.41, 5.74) is 0.433. The van der Waals surface area contributed by atoms with Gasteiger partial charge in [0.25, 0.3) is 11.8 Å². The van der Waals surface area contributed by atoms with Gasteiger partial charge in [-0.15, -0.1) is 0 Å². The van der Waals surface area contributed by atoms with Crippen LogP contribution in [0, 0.1) is 5.82 Å². The van der Waals surface area contributed by atoms with Gasteiger partial charge in [0, 0.05) is 49.6 Å². The lowest BCUT2D eigenvalue weighted by Gasteiger charge is -2.30. The average molecular weight is 468 g/mol. The summed E-state index contributed by atoms with van der Waals surface area (Å²) in [6, 6.07) is 10.1. The summed E-state index contributed by atoms with van der Waals surface area (Å²) in [5, 5.41) is 16.1. The quantitative estimate of drug-likeness (QED) is 0.526. The Bertz CT molecular complexity index is 1210. The van der Waals surface area contributed by atoms with Gasteiger partial charge in [-0.3, -0.25) is 14.3 Å². The Kier molecular flexibility index (Phi) is 6.78. The van der Waals surface area contributed by atoms with E-state index in [-0.39, 0.29) is 40.9 Å². The molecule has 0 spiro atoms. The Morgan fingerprint density at radius 2 is 1.91 bits per heavy atom. The van der Waals surface area contributed by atoms with Crippen molar-refractivity contribution in [1.29, 1.82) is 0 Å². The first-order chi connectivity index (χ1) is 16.3. The number of amides is 2. The highest BCUT2D eigenvalue weighted by Crippen LogP contribution is 2.31. The monoisotopic (exact) mass is 468 g/mol. The number of benzene rings is 2. The van der Waals surface area contributed by atoms with Gasteiger partial charge in [-0.1, -0.05) is 0 Å². The summed E-state index contributed by atoms with van der Waals surface area (Å²) in [5.74, 6) is -0.743. The third-order valence-corrected chi connectivity index (χ3v) is 5.24. The van der Waals surface area contributed by atoms with E-state index in [0.29, 0.717) is 18.9 Å². The molecule has 2 heterocycles. The number of likely N-dealkylation sites (tertiary alicyclic amines) is 1. The number of nitrogens with one attached hydrogen (secondary N) is 1. The van der Waals surface area contributed by atoms with Crippen molar-refractivity contribution >= 4 is 17.6 Å². The summed E-state index contributed by atoms with van der Waals surface area (Å²) in [6.07, 6.45) is 2.09. The lowest BCUT2D eigenvalue weighted by molar-refractivity contribution is 0.0651. The van der Waals surface area contributed by atoms with Gasteiger partial charge >= 0.3 is 0 Å². The number of hydrogen-bond donors (Lipinski definition) is 2. The topological polar surface area (TPSA) is 106 Å². The minimum atomic E-state index is -0.707. The number of carbonyl (C=O) groups excluding carboxylic acids is 2. The van der Waals surface area contributed by atoms with Gasteiger partial charge in [-0.25, -0.2) is 4.39 Å². The summed E-state index contributed by atoms with van der Waals surface area (Å²) in [6.45, 7) is 2.76. The summed E-state index contributed by atoms with van der Waals surface area (Å²) in [4.78, 5) is 26.8. The zero-order chi connectivity index (χ0) is 24.2. The first-order valence-electron chi connectivity index (χ1n) is 10.8. The van der Waals surface area contributed by atoms with E-state index in [1.165, 1.54) is 30.3 Å². The Morgan fingerprint density at radius 3 is 2.53 bits per heavy atom. The maximum absolute atomic E-state index is 14.7. The van der Waals surface area contributed by atoms with E-state index < -0.39 is 17.8 Å². The molecule has 2 aromatic carbocycles. The number of aryl methyl sites for hydroxylation is 1. The van der Waals surface area contributed by atoms with Crippen molar-refractivity contribution in [3.05, 3.63) is 65.6 Å². The SMILES string of the molecule is C[C@H](CO)Oc1cc(Oc2ccc(C(=O)N3CCC3)cc2F)cc(C(=O)Nc2ccn(C)n2)c1. The van der Waals surface area contributed by atoms with E-state index in [1.807, 2.05) is 0 Å². The van der Waals surface area contributed by atoms with Gasteiger partial charge < -0.3 is 24.8 Å². The molecule has 2 N–H and O–H groups in total. The fourth-order valence-electron chi connectivity index (χ4n) is 3.32. The molecule has 2 amide bonds. The van der Waals surface area contributed by atoms with Crippen LogP contribution >= 0.6 is 0 Å². The summed E-state index contributed by atoms with van der Waals surface area (Å²) < 4.78 is 27.6. The van der Waals surface area contributed by atoms with Gasteiger partial charge in [-0.05, 0) is 43.7 Å². The molecule has 1 saturated heterocycles. The van der Waals surface area contributed by atoms with Crippen molar-refractivity contribution < 1.29 is 28.6 Å². The molecular formula is C24H25FN4O5. The Hall–Kier alpha value is -3.92. The second-order valence-electron chi connectivity index (χ2n) is 8.03. The van der Waals surface area contributed by atoms with Gasteiger partial charge in [-0.2, -0.15) is 5.10 Å². The molecule has 10 heteroatoms. The molecule has 1 fully saturated rings. The second-order valence-corrected chi connectivity index (χ2v) is 8.03. The van der Waals surface area contributed by atoms with Crippen LogP contribution in [0.1, 0.15) is 34.1 Å². The van der Waals surface area contributed by atoms with Gasteiger partial charge in [0.2, 0.25) is 0 Å². The maximum Gasteiger partial charge on any atom is 0.257 e. The number of aliphatic hydroxyl groups excluding tert-OH is 1. The molecule has 1 aromatic heterocycles. The van der Waals surface area contributed by atoms with E-state index in [4.69, 9.17) is 9.47 Å². The zero-order valence-electron chi connectivity index (χ0n) is 18.8. The molecule has 0 radical (unpaired) electrons. The number of nitrogens with zero attached hydrogens (tertiary/aromatic N) is 3. The van der Waals surface area contributed by atoms with E-state index in [9.17, 15) is 19.1 Å². The molecule has 34 heavy (non-hydrogen) atoms. The number of hydrogen-bond acceptors (Lipinski definition) is 6. The molecule has 0 bridgehead atoms. The van der Waals surface area contributed by atoms with E-state index in [1.54, 1.807) is 35.8 Å². The number of ether oxygens (including phenoxy) is 2. The fourth-order valence-corrected chi connectivity index (χ4v) is 3.32. The van der Waals surface area contributed by atoms with Gasteiger partial charge in [0.05, 0.1) is 6.61 Å². The molecule has 3 aromatic rings. The number of aliphatic hydroxyl groups is 1. The van der Waals surface area contributed by atoms with Gasteiger partial charge in [0.1, 0.15) is 17.6 Å². The third-order valence-electron chi connectivity index (χ3n) is 5.24. The third kappa shape index (κ3) is 5.34. The first kappa shape index (κ1) is 23.2. The number of carbonyl (C=O) groups is 2. The normalized spacial score (nSPS) is 13.7. The fraction of sp³-hybridized carbons (Fsp3) is 0.292. The Morgan fingerprint density at radius 1 is 1.15 bits per heavy atom. The highest BCUT2D eigenvalue weighted by Gasteiger charge is 2.23. The van der Waals surface area contributed by atoms with Crippen LogP contribution in [-0.2, 0) is 7.05 Å². The Balaban J connectivity index is 1.58. The molecule has 9 nitrogen and oxygen atoms in total. The van der Waals surface area contributed by atoms with Crippen LogP contribution in [0.25, 0.3) is 0 Å². The standard InChI is InChI=1S/C24H25FN4O5/c1-15(14-30)33-18-10-17(23(31)26-22-6-9-28(2)27-22)11-19(13-18)34-21-5-4-16(12-20(21)25)24(32)29-7-3-8-29/h4-6,9-13,15,30H,3,7-8,14H2,1-2H3,(H,26,27,31)/t15-/m1/s1. The van der Waals surface area contributed by atoms with Crippen LogP contribution in [0.4, 0.5) is 10.2 Å². The molecule has 1 aliphatic rings. The zero-order valence-corrected chi connectivity index (χ0v) is 18.8. The van der Waals surface area contributed by atoms with Crippen LogP contribution in [0.5, 0.6) is 17.2 Å². The van der Waals surface area contributed by atoms with Crippen molar-refractivity contribution in [2.45, 2.75) is 19.4 Å². The van der Waals surface area contributed by atoms with Crippen molar-refractivity contribution in [3.8, 4) is 17.2 Å². The lowest BCUT2D eigenvalue weighted by Crippen LogP contribution is -2.42. The predicted molar refractivity (Wildman–Crippen MR) is 122 cm³/mol. The van der Waals surface area contributed by atoms with Crippen LogP contribution in [-0.4, -0.2) is 57.4 Å².